The van der Waals surface area contributed by atoms with E-state index in [-0.39, 0.29) is 11.9 Å². The molecule has 1 amide bonds. The van der Waals surface area contributed by atoms with Crippen molar-refractivity contribution < 1.29 is 19.1 Å². The fourth-order valence-electron chi connectivity index (χ4n) is 2.61. The summed E-state index contributed by atoms with van der Waals surface area (Å²) in [4.78, 5) is 24.1. The van der Waals surface area contributed by atoms with Crippen LogP contribution < -0.4 is 5.32 Å². The van der Waals surface area contributed by atoms with Gasteiger partial charge < -0.3 is 14.8 Å². The molecule has 5 heteroatoms. The molecule has 1 unspecified atom stereocenters. The Morgan fingerprint density at radius 3 is 2.52 bits per heavy atom. The standard InChI is InChI=1S/C18H31NO4/c1-6-8-9-10-11-13-12-14(13)15(16(20)22-7-2)19-17(21)23-18(3,4)5/h8-9,13-15H,6-7,10-12H2,1-5H3,(H,19,21)/b9-8-/t13?,14-,15+/m1/s1. The minimum Gasteiger partial charge on any atom is -0.464 e. The SMILES string of the molecule is CC/C=C\CCC1C[C@H]1[C@H](NC(=O)OC(C)(C)C)C(=O)OCC. The second-order valence-electron chi connectivity index (χ2n) is 6.99. The minimum absolute atomic E-state index is 0.150. The lowest BCUT2D eigenvalue weighted by Gasteiger charge is -2.23. The average molecular weight is 325 g/mol. The molecule has 0 aliphatic heterocycles. The highest BCUT2D eigenvalue weighted by atomic mass is 16.6. The Hall–Kier alpha value is -1.52. The quantitative estimate of drug-likeness (QED) is 0.544. The highest BCUT2D eigenvalue weighted by molar-refractivity contribution is 5.82. The molecule has 1 rings (SSSR count). The highest BCUT2D eigenvalue weighted by Crippen LogP contribution is 2.45. The molecule has 0 heterocycles. The summed E-state index contributed by atoms with van der Waals surface area (Å²) in [6.45, 7) is 9.58. The van der Waals surface area contributed by atoms with Crippen molar-refractivity contribution in [3.05, 3.63) is 12.2 Å². The number of allylic oxidation sites excluding steroid dienone is 2. The third-order valence-electron chi connectivity index (χ3n) is 3.72. The Bertz CT molecular complexity index is 425. The van der Waals surface area contributed by atoms with Gasteiger partial charge in [0.2, 0.25) is 0 Å². The van der Waals surface area contributed by atoms with Crippen LogP contribution in [0.3, 0.4) is 0 Å². The van der Waals surface area contributed by atoms with Crippen LogP contribution in [-0.4, -0.2) is 30.3 Å². The van der Waals surface area contributed by atoms with Crippen LogP contribution in [0, 0.1) is 11.8 Å². The van der Waals surface area contributed by atoms with Gasteiger partial charge in [0.1, 0.15) is 11.6 Å². The van der Waals surface area contributed by atoms with Crippen LogP contribution in [0.1, 0.15) is 60.3 Å². The summed E-state index contributed by atoms with van der Waals surface area (Å²) in [5, 5.41) is 2.70. The van der Waals surface area contributed by atoms with Gasteiger partial charge in [-0.15, -0.1) is 0 Å². The number of carbonyl (C=O) groups excluding carboxylic acids is 2. The summed E-state index contributed by atoms with van der Waals surface area (Å²) < 4.78 is 10.4. The zero-order valence-corrected chi connectivity index (χ0v) is 15.1. The van der Waals surface area contributed by atoms with Gasteiger partial charge in [0.25, 0.3) is 0 Å². The molecule has 1 aliphatic carbocycles. The number of rotatable bonds is 8. The van der Waals surface area contributed by atoms with E-state index in [2.05, 4.69) is 24.4 Å². The average Bonchev–Trinajstić information content (AvgIpc) is 3.18. The van der Waals surface area contributed by atoms with Gasteiger partial charge in [0, 0.05) is 0 Å². The largest absolute Gasteiger partial charge is 0.464 e. The Balaban J connectivity index is 2.56. The topological polar surface area (TPSA) is 64.6 Å². The van der Waals surface area contributed by atoms with Crippen molar-refractivity contribution in [1.82, 2.24) is 5.32 Å². The number of ether oxygens (including phenoxy) is 2. The first-order valence-electron chi connectivity index (χ1n) is 8.59. The third-order valence-corrected chi connectivity index (χ3v) is 3.72. The zero-order valence-electron chi connectivity index (χ0n) is 15.1. The van der Waals surface area contributed by atoms with Crippen LogP contribution in [0.5, 0.6) is 0 Å². The van der Waals surface area contributed by atoms with Crippen molar-refractivity contribution in [3.63, 3.8) is 0 Å². The summed E-state index contributed by atoms with van der Waals surface area (Å²) in [7, 11) is 0. The van der Waals surface area contributed by atoms with E-state index in [4.69, 9.17) is 9.47 Å². The van der Waals surface area contributed by atoms with Gasteiger partial charge in [-0.05, 0) is 65.2 Å². The number of alkyl carbamates (subject to hydrolysis) is 1. The summed E-state index contributed by atoms with van der Waals surface area (Å²) in [6.07, 6.45) is 7.80. The second-order valence-corrected chi connectivity index (χ2v) is 6.99. The molecular formula is C18H31NO4. The normalized spacial score (nSPS) is 21.8. The van der Waals surface area contributed by atoms with Gasteiger partial charge in [0.15, 0.2) is 0 Å². The van der Waals surface area contributed by atoms with E-state index in [1.807, 2.05) is 0 Å². The fourth-order valence-corrected chi connectivity index (χ4v) is 2.61. The molecular weight excluding hydrogens is 294 g/mol. The first-order chi connectivity index (χ1) is 10.8. The zero-order chi connectivity index (χ0) is 17.5. The molecule has 0 saturated heterocycles. The Morgan fingerprint density at radius 2 is 1.96 bits per heavy atom. The van der Waals surface area contributed by atoms with Crippen LogP contribution >= 0.6 is 0 Å². The molecule has 1 fully saturated rings. The number of hydrogen-bond acceptors (Lipinski definition) is 4. The summed E-state index contributed by atoms with van der Waals surface area (Å²) in [5.41, 5.74) is -0.586. The van der Waals surface area contributed by atoms with Crippen LogP contribution in [0.15, 0.2) is 12.2 Å². The minimum atomic E-state index is -0.607. The van der Waals surface area contributed by atoms with Gasteiger partial charge in [-0.1, -0.05) is 19.1 Å². The molecule has 0 spiro atoms. The number of nitrogens with one attached hydrogen (secondary N) is 1. The van der Waals surface area contributed by atoms with Crippen molar-refractivity contribution in [1.29, 1.82) is 0 Å². The van der Waals surface area contributed by atoms with E-state index in [0.717, 1.165) is 25.7 Å². The second kappa shape index (κ2) is 8.94. The third kappa shape index (κ3) is 7.53. The van der Waals surface area contributed by atoms with E-state index in [1.54, 1.807) is 27.7 Å². The number of hydrogen-bond donors (Lipinski definition) is 1. The maximum Gasteiger partial charge on any atom is 0.408 e. The van der Waals surface area contributed by atoms with Gasteiger partial charge in [-0.25, -0.2) is 9.59 Å². The van der Waals surface area contributed by atoms with Gasteiger partial charge in [-0.2, -0.15) is 0 Å². The Kier molecular flexibility index (Phi) is 7.59. The predicted octanol–water partition coefficient (Wildman–Crippen LogP) is 3.83. The summed E-state index contributed by atoms with van der Waals surface area (Å²) in [5.74, 6) is 0.243. The molecule has 132 valence electrons. The van der Waals surface area contributed by atoms with Crippen molar-refractivity contribution in [2.24, 2.45) is 11.8 Å². The van der Waals surface area contributed by atoms with E-state index >= 15 is 0 Å². The Morgan fingerprint density at radius 1 is 1.26 bits per heavy atom. The lowest BCUT2D eigenvalue weighted by Crippen LogP contribution is -2.46. The molecule has 1 aliphatic rings. The monoisotopic (exact) mass is 325 g/mol. The van der Waals surface area contributed by atoms with Gasteiger partial charge in [-0.3, -0.25) is 0 Å². The van der Waals surface area contributed by atoms with Crippen LogP contribution in [0.2, 0.25) is 0 Å². The molecule has 0 bridgehead atoms. The molecule has 23 heavy (non-hydrogen) atoms. The summed E-state index contributed by atoms with van der Waals surface area (Å²) >= 11 is 0. The number of esters is 1. The molecule has 0 aromatic carbocycles. The number of amides is 1. The fraction of sp³-hybridized carbons (Fsp3) is 0.778. The Labute approximate surface area is 139 Å². The van der Waals surface area contributed by atoms with Crippen molar-refractivity contribution in [3.8, 4) is 0 Å². The predicted molar refractivity (Wildman–Crippen MR) is 90.1 cm³/mol. The molecule has 0 aromatic rings. The lowest BCUT2D eigenvalue weighted by molar-refractivity contribution is -0.146. The first-order valence-corrected chi connectivity index (χ1v) is 8.59. The van der Waals surface area contributed by atoms with Crippen LogP contribution in [0.25, 0.3) is 0 Å². The molecule has 3 atom stereocenters. The maximum absolute atomic E-state index is 12.1. The smallest absolute Gasteiger partial charge is 0.408 e. The van der Waals surface area contributed by atoms with Crippen molar-refractivity contribution >= 4 is 12.1 Å². The molecule has 1 N–H and O–H groups in total. The molecule has 0 aromatic heterocycles. The molecule has 0 radical (unpaired) electrons. The van der Waals surface area contributed by atoms with E-state index in [0.29, 0.717) is 12.5 Å². The van der Waals surface area contributed by atoms with Crippen molar-refractivity contribution in [2.75, 3.05) is 6.61 Å². The summed E-state index contributed by atoms with van der Waals surface area (Å²) in [6, 6.07) is -0.607. The van der Waals surface area contributed by atoms with Gasteiger partial charge in [0.05, 0.1) is 6.61 Å². The molecule has 5 nitrogen and oxygen atoms in total. The maximum atomic E-state index is 12.1. The highest BCUT2D eigenvalue weighted by Gasteiger charge is 2.47. The van der Waals surface area contributed by atoms with E-state index in [1.165, 1.54) is 0 Å². The van der Waals surface area contributed by atoms with Crippen LogP contribution in [0.4, 0.5) is 4.79 Å². The molecule has 1 saturated carbocycles. The van der Waals surface area contributed by atoms with E-state index in [9.17, 15) is 9.59 Å². The first kappa shape index (κ1) is 19.5. The van der Waals surface area contributed by atoms with Crippen LogP contribution in [-0.2, 0) is 14.3 Å². The van der Waals surface area contributed by atoms with E-state index < -0.39 is 17.7 Å². The lowest BCUT2D eigenvalue weighted by atomic mass is 10.1. The number of carbonyl (C=O) groups is 2. The van der Waals surface area contributed by atoms with Gasteiger partial charge >= 0.3 is 12.1 Å². The van der Waals surface area contributed by atoms with Crippen molar-refractivity contribution in [2.45, 2.75) is 71.9 Å².